The molecule has 0 saturated carbocycles. The fraction of sp³-hybridized carbons (Fsp3) is 0.464. The predicted molar refractivity (Wildman–Crippen MR) is 153 cm³/mol. The van der Waals surface area contributed by atoms with E-state index in [1.54, 1.807) is 11.0 Å². The van der Waals surface area contributed by atoms with E-state index in [1.165, 1.54) is 11.8 Å². The third-order valence-electron chi connectivity index (χ3n) is 8.24. The minimum Gasteiger partial charge on any atom is -0.377 e. The van der Waals surface area contributed by atoms with Gasteiger partial charge in [-0.25, -0.2) is 9.97 Å². The van der Waals surface area contributed by atoms with Crippen molar-refractivity contribution >= 4 is 46.3 Å². The van der Waals surface area contributed by atoms with Crippen LogP contribution in [-0.2, 0) is 17.3 Å². The fourth-order valence-corrected chi connectivity index (χ4v) is 8.31. The summed E-state index contributed by atoms with van der Waals surface area (Å²) in [6.07, 6.45) is -1.94. The Morgan fingerprint density at radius 1 is 1.20 bits per heavy atom. The Kier molecular flexibility index (Phi) is 6.87. The molecule has 3 aromatic rings. The molecule has 2 atom stereocenters. The number of aromatic nitrogens is 2. The molecule has 3 saturated heterocycles. The lowest BCUT2D eigenvalue weighted by Crippen LogP contribution is -2.52. The zero-order valence-corrected chi connectivity index (χ0v) is 24.0. The number of halogens is 3. The molecule has 4 aliphatic heterocycles. The van der Waals surface area contributed by atoms with Crippen LogP contribution in [0.1, 0.15) is 34.1 Å². The minimum absolute atomic E-state index is 0.0108. The van der Waals surface area contributed by atoms with Crippen molar-refractivity contribution in [2.45, 2.75) is 49.0 Å². The van der Waals surface area contributed by atoms with Gasteiger partial charge in [0.15, 0.2) is 0 Å². The molecule has 13 heteroatoms. The number of aryl methyl sites for hydroxylation is 1. The van der Waals surface area contributed by atoms with Crippen molar-refractivity contribution in [1.29, 1.82) is 0 Å². The molecule has 1 aromatic carbocycles. The number of nitrogens with zero attached hydrogens (tertiary/aromatic N) is 4. The number of amides is 1. The van der Waals surface area contributed by atoms with Gasteiger partial charge in [-0.05, 0) is 42.7 Å². The number of anilines is 3. The summed E-state index contributed by atoms with van der Waals surface area (Å²) in [7, 11) is 0. The lowest BCUT2D eigenvalue weighted by molar-refractivity contribution is -0.137. The number of rotatable bonds is 6. The maximum atomic E-state index is 14.1. The van der Waals surface area contributed by atoms with Crippen LogP contribution in [0, 0.1) is 0 Å². The zero-order valence-electron chi connectivity index (χ0n) is 22.3. The van der Waals surface area contributed by atoms with Crippen LogP contribution in [0.2, 0.25) is 0 Å². The summed E-state index contributed by atoms with van der Waals surface area (Å²) in [6.45, 7) is 5.56. The average Bonchev–Trinajstić information content (AvgIpc) is 3.65. The number of benzene rings is 1. The topological polar surface area (TPSA) is 82.6 Å². The van der Waals surface area contributed by atoms with E-state index in [-0.39, 0.29) is 23.6 Å². The van der Waals surface area contributed by atoms with Crippen molar-refractivity contribution in [3.63, 3.8) is 0 Å². The van der Waals surface area contributed by atoms with Gasteiger partial charge >= 0.3 is 6.18 Å². The van der Waals surface area contributed by atoms with E-state index in [9.17, 15) is 18.0 Å². The van der Waals surface area contributed by atoms with E-state index in [0.717, 1.165) is 60.4 Å². The Hall–Kier alpha value is -2.87. The summed E-state index contributed by atoms with van der Waals surface area (Å²) in [6, 6.07) is 8.84. The number of thiophene rings is 1. The molecule has 3 fully saturated rings. The van der Waals surface area contributed by atoms with Gasteiger partial charge in [-0.15, -0.1) is 23.1 Å². The molecule has 6 heterocycles. The third-order valence-corrected chi connectivity index (χ3v) is 10.5. The molecular weight excluding hydrogens is 573 g/mol. The summed E-state index contributed by atoms with van der Waals surface area (Å²) >= 11 is 2.54. The Morgan fingerprint density at radius 2 is 2.05 bits per heavy atom. The van der Waals surface area contributed by atoms with Crippen molar-refractivity contribution in [2.24, 2.45) is 0 Å². The largest absolute Gasteiger partial charge is 0.420 e. The van der Waals surface area contributed by atoms with Crippen LogP contribution in [-0.4, -0.2) is 77.5 Å². The summed E-state index contributed by atoms with van der Waals surface area (Å²) in [5.74, 6) is 0.583. The van der Waals surface area contributed by atoms with Crippen LogP contribution in [0.3, 0.4) is 0 Å². The van der Waals surface area contributed by atoms with Crippen molar-refractivity contribution in [2.75, 3.05) is 48.8 Å². The van der Waals surface area contributed by atoms with Gasteiger partial charge in [-0.1, -0.05) is 6.92 Å². The van der Waals surface area contributed by atoms with Gasteiger partial charge in [0.1, 0.15) is 10.4 Å². The number of piperazine rings is 1. The second-order valence-electron chi connectivity index (χ2n) is 10.8. The Balaban J connectivity index is 1.20. The molecule has 4 aliphatic rings. The highest BCUT2D eigenvalue weighted by Crippen LogP contribution is 2.44. The molecule has 1 amide bonds. The van der Waals surface area contributed by atoms with Crippen LogP contribution in [0.5, 0.6) is 0 Å². The van der Waals surface area contributed by atoms with Crippen molar-refractivity contribution in [3.05, 3.63) is 46.5 Å². The van der Waals surface area contributed by atoms with E-state index in [2.05, 4.69) is 31.6 Å². The Labute approximate surface area is 243 Å². The van der Waals surface area contributed by atoms with E-state index < -0.39 is 11.7 Å². The van der Waals surface area contributed by atoms with Crippen LogP contribution < -0.4 is 15.5 Å². The number of carbonyl (C=O) groups excluding carboxylic acids is 1. The first kappa shape index (κ1) is 27.0. The highest BCUT2D eigenvalue weighted by Gasteiger charge is 2.39. The fourth-order valence-electron chi connectivity index (χ4n) is 5.99. The smallest absolute Gasteiger partial charge is 0.377 e. The number of fused-ring (bicyclic) bond motifs is 3. The number of hydrogen-bond acceptors (Lipinski definition) is 9. The lowest BCUT2D eigenvalue weighted by atomic mass is 10.1. The van der Waals surface area contributed by atoms with Crippen LogP contribution in [0.25, 0.3) is 10.6 Å². The summed E-state index contributed by atoms with van der Waals surface area (Å²) in [4.78, 5) is 27.4. The lowest BCUT2D eigenvalue weighted by Gasteiger charge is -2.36. The van der Waals surface area contributed by atoms with Gasteiger partial charge in [0.05, 0.1) is 29.8 Å². The monoisotopic (exact) mass is 602 g/mol. The van der Waals surface area contributed by atoms with Crippen molar-refractivity contribution < 1.29 is 22.7 Å². The summed E-state index contributed by atoms with van der Waals surface area (Å²) in [5.41, 5.74) is 1.80. The second kappa shape index (κ2) is 10.4. The first-order valence-electron chi connectivity index (χ1n) is 13.8. The van der Waals surface area contributed by atoms with Gasteiger partial charge in [-0.2, -0.15) is 13.2 Å². The number of ether oxygens (including phenoxy) is 1. The molecule has 0 aliphatic carbocycles. The normalized spacial score (nSPS) is 22.6. The van der Waals surface area contributed by atoms with Gasteiger partial charge < -0.3 is 25.2 Å². The molecule has 2 unspecified atom stereocenters. The quantitative estimate of drug-likeness (QED) is 0.407. The van der Waals surface area contributed by atoms with E-state index >= 15 is 0 Å². The molecule has 0 spiro atoms. The molecule has 41 heavy (non-hydrogen) atoms. The first-order chi connectivity index (χ1) is 19.8. The number of alkyl halides is 3. The first-order valence-corrected chi connectivity index (χ1v) is 15.6. The molecule has 2 bridgehead atoms. The highest BCUT2D eigenvalue weighted by atomic mass is 32.2. The Morgan fingerprint density at radius 3 is 2.73 bits per heavy atom. The van der Waals surface area contributed by atoms with Crippen molar-refractivity contribution in [1.82, 2.24) is 20.2 Å². The zero-order chi connectivity index (χ0) is 28.3. The number of hydrogen-bond donors (Lipinski definition) is 2. The van der Waals surface area contributed by atoms with Gasteiger partial charge in [0, 0.05) is 59.9 Å². The van der Waals surface area contributed by atoms with Gasteiger partial charge in [-0.3, -0.25) is 4.79 Å². The molecular formula is C28H29F3N6O2S2. The van der Waals surface area contributed by atoms with Gasteiger partial charge in [0.2, 0.25) is 5.95 Å². The third kappa shape index (κ3) is 4.96. The number of nitrogens with one attached hydrogen (secondary N) is 2. The summed E-state index contributed by atoms with van der Waals surface area (Å²) in [5, 5.41) is 6.69. The molecule has 8 nitrogen and oxygen atoms in total. The van der Waals surface area contributed by atoms with Crippen LogP contribution >= 0.6 is 23.1 Å². The highest BCUT2D eigenvalue weighted by molar-refractivity contribution is 7.99. The average molecular weight is 603 g/mol. The maximum absolute atomic E-state index is 14.1. The number of carbonyl (C=O) groups is 1. The molecule has 7 rings (SSSR count). The standard InChI is InChI=1S/C28H29F3N6O2S2/c1-2-15-7-17(37-12-16-8-18(37)10-32-16)3-4-21(15)34-27-33-11-20(28(29,30)31)24(35-27)22-9-23-25(41-22)26(38)36(5-6-40-23)19-13-39-14-19/h3-4,7,9,11,16,18-19,32H,2,5-6,8,10,12-14H2,1H3,(H,33,34,35). The van der Waals surface area contributed by atoms with Crippen LogP contribution in [0.4, 0.5) is 30.5 Å². The summed E-state index contributed by atoms with van der Waals surface area (Å²) < 4.78 is 47.6. The molecule has 216 valence electrons. The van der Waals surface area contributed by atoms with Crippen molar-refractivity contribution in [3.8, 4) is 10.6 Å². The van der Waals surface area contributed by atoms with E-state index in [0.29, 0.717) is 52.2 Å². The second-order valence-corrected chi connectivity index (χ2v) is 13.0. The van der Waals surface area contributed by atoms with Crippen LogP contribution in [0.15, 0.2) is 35.4 Å². The van der Waals surface area contributed by atoms with E-state index in [1.807, 2.05) is 19.1 Å². The molecule has 2 aromatic heterocycles. The molecule has 0 radical (unpaired) electrons. The van der Waals surface area contributed by atoms with E-state index in [4.69, 9.17) is 4.74 Å². The number of thioether (sulfide) groups is 1. The van der Waals surface area contributed by atoms with Gasteiger partial charge in [0.25, 0.3) is 5.91 Å². The molecule has 2 N–H and O–H groups in total. The maximum Gasteiger partial charge on any atom is 0.420 e. The Bertz CT molecular complexity index is 1490. The minimum atomic E-state index is -4.65. The SMILES string of the molecule is CCc1cc(N2CC3CC2CN3)ccc1Nc1ncc(C(F)(F)F)c(-c2cc3c(s2)C(=O)N(C2COC2)CCS3)n1. The predicted octanol–water partition coefficient (Wildman–Crippen LogP) is 5.03.